The number of hydrogen-bond acceptors (Lipinski definition) is 4. The van der Waals surface area contributed by atoms with Gasteiger partial charge in [0.05, 0.1) is 13.7 Å². The van der Waals surface area contributed by atoms with E-state index >= 15 is 0 Å². The van der Waals surface area contributed by atoms with E-state index in [1.807, 2.05) is 17.5 Å². The zero-order chi connectivity index (χ0) is 17.4. The topological polar surface area (TPSA) is 54.9 Å². The van der Waals surface area contributed by atoms with Crippen LogP contribution in [0.3, 0.4) is 0 Å². The molecule has 8 heteroatoms. The van der Waals surface area contributed by atoms with Crippen molar-refractivity contribution in [3.8, 4) is 11.5 Å². The van der Waals surface area contributed by atoms with Gasteiger partial charge in [-0.3, -0.25) is 4.99 Å². The predicted octanol–water partition coefficient (Wildman–Crippen LogP) is 3.22. The second-order valence-corrected chi connectivity index (χ2v) is 5.74. The van der Waals surface area contributed by atoms with Crippen molar-refractivity contribution in [2.45, 2.75) is 19.7 Å². The third-order valence-electron chi connectivity index (χ3n) is 3.16. The molecule has 0 aliphatic rings. The van der Waals surface area contributed by atoms with E-state index in [9.17, 15) is 8.78 Å². The zero-order valence-electron chi connectivity index (χ0n) is 13.4. The van der Waals surface area contributed by atoms with Crippen LogP contribution in [0.4, 0.5) is 8.78 Å². The number of benzene rings is 1. The van der Waals surface area contributed by atoms with Crippen molar-refractivity contribution in [2.75, 3.05) is 14.2 Å². The van der Waals surface area contributed by atoms with E-state index in [0.717, 1.165) is 0 Å². The Kier molecular flexibility index (Phi) is 6.80. The van der Waals surface area contributed by atoms with Crippen molar-refractivity contribution < 1.29 is 18.3 Å². The number of nitrogens with one attached hydrogen (secondary N) is 2. The molecule has 0 bridgehead atoms. The van der Waals surface area contributed by atoms with Crippen LogP contribution >= 0.6 is 11.3 Å². The van der Waals surface area contributed by atoms with E-state index in [0.29, 0.717) is 23.8 Å². The summed E-state index contributed by atoms with van der Waals surface area (Å²) in [4.78, 5) is 5.28. The van der Waals surface area contributed by atoms with Crippen molar-refractivity contribution in [3.63, 3.8) is 0 Å². The summed E-state index contributed by atoms with van der Waals surface area (Å²) in [6.07, 6.45) is 0. The third kappa shape index (κ3) is 5.38. The number of methoxy groups -OCH3 is 1. The summed E-state index contributed by atoms with van der Waals surface area (Å²) in [5.74, 6) is 1.23. The molecule has 0 amide bonds. The van der Waals surface area contributed by atoms with Crippen molar-refractivity contribution in [3.05, 3.63) is 46.2 Å². The SMILES string of the molecule is CN=C(NCc1cccs1)NCc1cc(OC)ccc1OC(F)F. The number of alkyl halides is 2. The van der Waals surface area contributed by atoms with Crippen molar-refractivity contribution in [2.24, 2.45) is 4.99 Å². The molecule has 130 valence electrons. The lowest BCUT2D eigenvalue weighted by atomic mass is 10.2. The van der Waals surface area contributed by atoms with Crippen LogP contribution in [0.15, 0.2) is 40.7 Å². The first-order valence-corrected chi connectivity index (χ1v) is 8.09. The lowest BCUT2D eigenvalue weighted by Gasteiger charge is -2.15. The molecule has 0 atom stereocenters. The average Bonchev–Trinajstić information content (AvgIpc) is 3.09. The van der Waals surface area contributed by atoms with E-state index in [2.05, 4.69) is 20.4 Å². The minimum Gasteiger partial charge on any atom is -0.497 e. The highest BCUT2D eigenvalue weighted by molar-refractivity contribution is 7.09. The largest absolute Gasteiger partial charge is 0.497 e. The zero-order valence-corrected chi connectivity index (χ0v) is 14.2. The smallest absolute Gasteiger partial charge is 0.387 e. The first-order valence-electron chi connectivity index (χ1n) is 7.21. The normalized spacial score (nSPS) is 11.5. The van der Waals surface area contributed by atoms with Crippen molar-refractivity contribution in [1.29, 1.82) is 0 Å². The summed E-state index contributed by atoms with van der Waals surface area (Å²) in [6.45, 7) is -1.98. The number of hydrogen-bond donors (Lipinski definition) is 2. The van der Waals surface area contributed by atoms with Crippen LogP contribution in [-0.2, 0) is 13.1 Å². The summed E-state index contributed by atoms with van der Waals surface area (Å²) >= 11 is 1.64. The van der Waals surface area contributed by atoms with Crippen LogP contribution in [0.2, 0.25) is 0 Å². The molecule has 0 aliphatic carbocycles. The van der Waals surface area contributed by atoms with Gasteiger partial charge < -0.3 is 20.1 Å². The van der Waals surface area contributed by atoms with Crippen LogP contribution in [0.5, 0.6) is 11.5 Å². The van der Waals surface area contributed by atoms with Gasteiger partial charge in [-0.15, -0.1) is 11.3 Å². The highest BCUT2D eigenvalue weighted by Gasteiger charge is 2.11. The maximum atomic E-state index is 12.5. The third-order valence-corrected chi connectivity index (χ3v) is 4.04. The lowest BCUT2D eigenvalue weighted by Crippen LogP contribution is -2.36. The van der Waals surface area contributed by atoms with E-state index in [-0.39, 0.29) is 12.3 Å². The minimum atomic E-state index is -2.88. The fourth-order valence-corrected chi connectivity index (χ4v) is 2.66. The van der Waals surface area contributed by atoms with Crippen molar-refractivity contribution in [1.82, 2.24) is 10.6 Å². The molecule has 0 spiro atoms. The Morgan fingerprint density at radius 1 is 1.25 bits per heavy atom. The fraction of sp³-hybridized carbons (Fsp3) is 0.312. The first kappa shape index (κ1) is 18.0. The molecule has 0 saturated carbocycles. The summed E-state index contributed by atoms with van der Waals surface area (Å²) < 4.78 is 34.7. The van der Waals surface area contributed by atoms with Gasteiger partial charge in [-0.2, -0.15) is 8.78 Å². The molecule has 0 saturated heterocycles. The molecule has 0 radical (unpaired) electrons. The van der Waals surface area contributed by atoms with Gasteiger partial charge in [0.1, 0.15) is 11.5 Å². The van der Waals surface area contributed by atoms with Crippen LogP contribution in [0.25, 0.3) is 0 Å². The number of halogens is 2. The average molecular weight is 355 g/mol. The Morgan fingerprint density at radius 3 is 2.67 bits per heavy atom. The van der Waals surface area contributed by atoms with Crippen LogP contribution in [0, 0.1) is 0 Å². The quantitative estimate of drug-likeness (QED) is 0.591. The number of ether oxygens (including phenoxy) is 2. The Morgan fingerprint density at radius 2 is 2.04 bits per heavy atom. The second-order valence-electron chi connectivity index (χ2n) is 4.71. The van der Waals surface area contributed by atoms with E-state index in [1.54, 1.807) is 30.5 Å². The van der Waals surface area contributed by atoms with Crippen LogP contribution < -0.4 is 20.1 Å². The molecule has 0 unspecified atom stereocenters. The minimum absolute atomic E-state index is 0.104. The van der Waals surface area contributed by atoms with Crippen molar-refractivity contribution >= 4 is 17.3 Å². The molecule has 1 aromatic carbocycles. The first-order chi connectivity index (χ1) is 11.6. The molecular formula is C16H19F2N3O2S. The molecule has 1 heterocycles. The van der Waals surface area contributed by atoms with Gasteiger partial charge in [0.25, 0.3) is 0 Å². The monoisotopic (exact) mass is 355 g/mol. The van der Waals surface area contributed by atoms with Gasteiger partial charge in [-0.25, -0.2) is 0 Å². The Hall–Kier alpha value is -2.35. The highest BCUT2D eigenvalue weighted by Crippen LogP contribution is 2.25. The molecular weight excluding hydrogens is 336 g/mol. The highest BCUT2D eigenvalue weighted by atomic mass is 32.1. The fourth-order valence-electron chi connectivity index (χ4n) is 2.02. The molecule has 1 aromatic heterocycles. The molecule has 2 rings (SSSR count). The van der Waals surface area contributed by atoms with Crippen LogP contribution in [0.1, 0.15) is 10.4 Å². The molecule has 0 fully saturated rings. The summed E-state index contributed by atoms with van der Waals surface area (Å²) in [5, 5.41) is 8.23. The van der Waals surface area contributed by atoms with Gasteiger partial charge >= 0.3 is 6.61 Å². The summed E-state index contributed by atoms with van der Waals surface area (Å²) in [5.41, 5.74) is 0.550. The van der Waals surface area contributed by atoms with Gasteiger partial charge in [0, 0.05) is 24.0 Å². The van der Waals surface area contributed by atoms with Crippen LogP contribution in [-0.4, -0.2) is 26.7 Å². The lowest BCUT2D eigenvalue weighted by molar-refractivity contribution is -0.0504. The van der Waals surface area contributed by atoms with Gasteiger partial charge in [0.2, 0.25) is 0 Å². The standard InChI is InChI=1S/C16H19F2N3O2S/c1-19-16(21-10-13-4-3-7-24-13)20-9-11-8-12(22-2)5-6-14(11)23-15(17)18/h3-8,15H,9-10H2,1-2H3,(H2,19,20,21). The van der Waals surface area contributed by atoms with E-state index in [1.165, 1.54) is 18.1 Å². The molecule has 24 heavy (non-hydrogen) atoms. The Balaban J connectivity index is 2.00. The Labute approximate surface area is 143 Å². The summed E-state index contributed by atoms with van der Waals surface area (Å²) in [7, 11) is 3.16. The van der Waals surface area contributed by atoms with Gasteiger partial charge in [-0.05, 0) is 29.6 Å². The summed E-state index contributed by atoms with van der Waals surface area (Å²) in [6, 6.07) is 8.68. The predicted molar refractivity (Wildman–Crippen MR) is 91.0 cm³/mol. The van der Waals surface area contributed by atoms with Gasteiger partial charge in [-0.1, -0.05) is 6.07 Å². The second kappa shape index (κ2) is 9.07. The van der Waals surface area contributed by atoms with E-state index < -0.39 is 6.61 Å². The number of aliphatic imine (C=N–C) groups is 1. The molecule has 5 nitrogen and oxygen atoms in total. The number of rotatable bonds is 7. The number of guanidine groups is 1. The molecule has 2 N–H and O–H groups in total. The maximum absolute atomic E-state index is 12.5. The Bertz CT molecular complexity index is 663. The van der Waals surface area contributed by atoms with Gasteiger partial charge in [0.15, 0.2) is 5.96 Å². The maximum Gasteiger partial charge on any atom is 0.387 e. The molecule has 2 aromatic rings. The number of thiophene rings is 1. The number of nitrogens with zero attached hydrogens (tertiary/aromatic N) is 1. The molecule has 0 aliphatic heterocycles. The van der Waals surface area contributed by atoms with E-state index in [4.69, 9.17) is 4.74 Å².